The lowest BCUT2D eigenvalue weighted by atomic mass is 10.0. The molecule has 0 radical (unpaired) electrons. The molecule has 0 aliphatic heterocycles. The molecule has 5 heteroatoms. The molecule has 3 aromatic carbocycles. The molecule has 132 valence electrons. The summed E-state index contributed by atoms with van der Waals surface area (Å²) in [7, 11) is 0. The average molecular weight is 384 g/mol. The van der Waals surface area contributed by atoms with Gasteiger partial charge in [-0.1, -0.05) is 35.3 Å². The van der Waals surface area contributed by atoms with Gasteiger partial charge in [-0.25, -0.2) is 0 Å². The molecule has 4 aromatic rings. The fourth-order valence-electron chi connectivity index (χ4n) is 3.35. The van der Waals surface area contributed by atoms with Gasteiger partial charge in [-0.3, -0.25) is 0 Å². The minimum Gasteiger partial charge on any atom is -0.355 e. The van der Waals surface area contributed by atoms with Crippen molar-refractivity contribution in [3.8, 4) is 0 Å². The van der Waals surface area contributed by atoms with Gasteiger partial charge in [-0.05, 0) is 61.9 Å². The fourth-order valence-corrected chi connectivity index (χ4v) is 3.70. The number of halogens is 2. The molecule has 0 fully saturated rings. The van der Waals surface area contributed by atoms with Gasteiger partial charge in [0.15, 0.2) is 0 Å². The molecule has 0 aliphatic rings. The lowest BCUT2D eigenvalue weighted by Crippen LogP contribution is -2.06. The third-order valence-corrected chi connectivity index (χ3v) is 5.33. The molecule has 0 atom stereocenters. The highest BCUT2D eigenvalue weighted by Gasteiger charge is 2.13. The van der Waals surface area contributed by atoms with E-state index in [0.29, 0.717) is 6.54 Å². The number of H-pyrrole nitrogens is 1. The first-order valence-corrected chi connectivity index (χ1v) is 9.28. The standard InChI is InChI=1S/C21H19Cl2N3/c1-12-2-4-14(11-18(12)23)25-19-7-5-15-17-10-13(22)3-6-20(17)26-21(15)16(19)8-9-24/h2-7,10-11,25-26H,8-9,24H2,1H3. The molecular weight excluding hydrogens is 365 g/mol. The van der Waals surface area contributed by atoms with Crippen molar-refractivity contribution in [3.63, 3.8) is 0 Å². The molecule has 0 unspecified atom stereocenters. The number of benzene rings is 3. The maximum absolute atomic E-state index is 6.27. The van der Waals surface area contributed by atoms with Crippen LogP contribution in [-0.2, 0) is 6.42 Å². The number of fused-ring (bicyclic) bond motifs is 3. The van der Waals surface area contributed by atoms with E-state index < -0.39 is 0 Å². The van der Waals surface area contributed by atoms with Gasteiger partial charge < -0.3 is 16.0 Å². The smallest absolute Gasteiger partial charge is 0.0518 e. The van der Waals surface area contributed by atoms with Crippen molar-refractivity contribution in [1.82, 2.24) is 4.98 Å². The van der Waals surface area contributed by atoms with Crippen molar-refractivity contribution in [2.75, 3.05) is 11.9 Å². The summed E-state index contributed by atoms with van der Waals surface area (Å²) in [6.07, 6.45) is 0.764. The first kappa shape index (κ1) is 17.2. The summed E-state index contributed by atoms with van der Waals surface area (Å²) in [5, 5.41) is 7.24. The summed E-state index contributed by atoms with van der Waals surface area (Å²) in [6.45, 7) is 2.56. The molecule has 1 heterocycles. The second kappa shape index (κ2) is 6.84. The Morgan fingerprint density at radius 1 is 1.00 bits per heavy atom. The van der Waals surface area contributed by atoms with E-state index in [1.807, 2.05) is 43.3 Å². The quantitative estimate of drug-likeness (QED) is 0.393. The normalized spacial score (nSPS) is 11.4. The number of anilines is 2. The number of aryl methyl sites for hydroxylation is 1. The monoisotopic (exact) mass is 383 g/mol. The molecule has 0 aliphatic carbocycles. The molecule has 0 spiro atoms. The summed E-state index contributed by atoms with van der Waals surface area (Å²) in [6, 6.07) is 16.1. The van der Waals surface area contributed by atoms with Crippen LogP contribution in [0.2, 0.25) is 10.0 Å². The van der Waals surface area contributed by atoms with E-state index in [1.54, 1.807) is 0 Å². The van der Waals surface area contributed by atoms with Crippen LogP contribution >= 0.6 is 23.2 Å². The van der Waals surface area contributed by atoms with E-state index in [0.717, 1.165) is 60.8 Å². The summed E-state index contributed by atoms with van der Waals surface area (Å²) in [4.78, 5) is 3.53. The van der Waals surface area contributed by atoms with Gasteiger partial charge in [-0.2, -0.15) is 0 Å². The van der Waals surface area contributed by atoms with E-state index >= 15 is 0 Å². The molecule has 4 rings (SSSR count). The number of nitrogens with one attached hydrogen (secondary N) is 2. The molecule has 0 bridgehead atoms. The summed E-state index contributed by atoms with van der Waals surface area (Å²) >= 11 is 12.4. The minimum absolute atomic E-state index is 0.568. The zero-order valence-electron chi connectivity index (χ0n) is 14.4. The lowest BCUT2D eigenvalue weighted by molar-refractivity contribution is 0.976. The Balaban J connectivity index is 1.87. The Hall–Kier alpha value is -2.20. The zero-order valence-corrected chi connectivity index (χ0v) is 15.9. The van der Waals surface area contributed by atoms with Crippen molar-refractivity contribution in [2.24, 2.45) is 5.73 Å². The Morgan fingerprint density at radius 3 is 2.62 bits per heavy atom. The SMILES string of the molecule is Cc1ccc(Nc2ccc3c([nH]c4ccc(Cl)cc43)c2CCN)cc1Cl. The van der Waals surface area contributed by atoms with Crippen molar-refractivity contribution >= 4 is 56.4 Å². The van der Waals surface area contributed by atoms with Gasteiger partial charge >= 0.3 is 0 Å². The maximum atomic E-state index is 6.27. The van der Waals surface area contributed by atoms with Gasteiger partial charge in [-0.15, -0.1) is 0 Å². The highest BCUT2D eigenvalue weighted by atomic mass is 35.5. The van der Waals surface area contributed by atoms with Crippen LogP contribution in [0, 0.1) is 6.92 Å². The number of aromatic nitrogens is 1. The first-order valence-electron chi connectivity index (χ1n) is 8.53. The molecule has 4 N–H and O–H groups in total. The van der Waals surface area contributed by atoms with E-state index in [2.05, 4.69) is 22.4 Å². The van der Waals surface area contributed by atoms with E-state index in [-0.39, 0.29) is 0 Å². The molecule has 0 saturated carbocycles. The third-order valence-electron chi connectivity index (χ3n) is 4.69. The maximum Gasteiger partial charge on any atom is 0.0518 e. The first-order chi connectivity index (χ1) is 12.6. The molecule has 3 nitrogen and oxygen atoms in total. The Morgan fingerprint density at radius 2 is 1.85 bits per heavy atom. The highest BCUT2D eigenvalue weighted by molar-refractivity contribution is 6.32. The van der Waals surface area contributed by atoms with E-state index in [9.17, 15) is 0 Å². The van der Waals surface area contributed by atoms with Gasteiger partial charge in [0.25, 0.3) is 0 Å². The van der Waals surface area contributed by atoms with E-state index in [4.69, 9.17) is 28.9 Å². The Bertz CT molecular complexity index is 1120. The number of hydrogen-bond donors (Lipinski definition) is 3. The van der Waals surface area contributed by atoms with Gasteiger partial charge in [0.2, 0.25) is 0 Å². The molecule has 0 amide bonds. The number of rotatable bonds is 4. The van der Waals surface area contributed by atoms with Crippen LogP contribution in [0.15, 0.2) is 48.5 Å². The largest absolute Gasteiger partial charge is 0.355 e. The van der Waals surface area contributed by atoms with Gasteiger partial charge in [0, 0.05) is 43.3 Å². The van der Waals surface area contributed by atoms with Gasteiger partial charge in [0.1, 0.15) is 0 Å². The summed E-state index contributed by atoms with van der Waals surface area (Å²) < 4.78 is 0. The lowest BCUT2D eigenvalue weighted by Gasteiger charge is -2.14. The number of hydrogen-bond acceptors (Lipinski definition) is 2. The average Bonchev–Trinajstić information content (AvgIpc) is 2.98. The van der Waals surface area contributed by atoms with Crippen LogP contribution in [0.1, 0.15) is 11.1 Å². The van der Waals surface area contributed by atoms with Gasteiger partial charge in [0.05, 0.1) is 5.52 Å². The van der Waals surface area contributed by atoms with Crippen LogP contribution in [0.3, 0.4) is 0 Å². The van der Waals surface area contributed by atoms with Crippen molar-refractivity contribution < 1.29 is 0 Å². The van der Waals surface area contributed by atoms with Crippen LogP contribution in [0.25, 0.3) is 21.8 Å². The van der Waals surface area contributed by atoms with Crippen molar-refractivity contribution in [1.29, 1.82) is 0 Å². The minimum atomic E-state index is 0.568. The summed E-state index contributed by atoms with van der Waals surface area (Å²) in [5.41, 5.74) is 12.3. The van der Waals surface area contributed by atoms with Crippen LogP contribution in [0.4, 0.5) is 11.4 Å². The third kappa shape index (κ3) is 3.03. The van der Waals surface area contributed by atoms with Crippen LogP contribution < -0.4 is 11.1 Å². The highest BCUT2D eigenvalue weighted by Crippen LogP contribution is 2.35. The number of nitrogens with two attached hydrogens (primary N) is 1. The second-order valence-corrected chi connectivity index (χ2v) is 7.30. The molecular formula is C21H19Cl2N3. The molecule has 1 aromatic heterocycles. The second-order valence-electron chi connectivity index (χ2n) is 6.46. The summed E-state index contributed by atoms with van der Waals surface area (Å²) in [5.74, 6) is 0. The predicted octanol–water partition coefficient (Wildman–Crippen LogP) is 6.18. The molecule has 26 heavy (non-hydrogen) atoms. The molecule has 0 saturated heterocycles. The van der Waals surface area contributed by atoms with E-state index in [1.165, 1.54) is 0 Å². The predicted molar refractivity (Wildman–Crippen MR) is 113 cm³/mol. The topological polar surface area (TPSA) is 53.8 Å². The zero-order chi connectivity index (χ0) is 18.3. The number of aromatic amines is 1. The van der Waals surface area contributed by atoms with Crippen LogP contribution in [0.5, 0.6) is 0 Å². The van der Waals surface area contributed by atoms with Crippen LogP contribution in [-0.4, -0.2) is 11.5 Å². The fraction of sp³-hybridized carbons (Fsp3) is 0.143. The van der Waals surface area contributed by atoms with Crippen molar-refractivity contribution in [3.05, 3.63) is 69.7 Å². The Labute approximate surface area is 162 Å². The van der Waals surface area contributed by atoms with Crippen molar-refractivity contribution in [2.45, 2.75) is 13.3 Å². The Kier molecular flexibility index (Phi) is 4.53.